The van der Waals surface area contributed by atoms with Gasteiger partial charge in [0.1, 0.15) is 4.90 Å². The Morgan fingerprint density at radius 1 is 1.53 bits per heavy atom. The van der Waals surface area contributed by atoms with Gasteiger partial charge in [0.2, 0.25) is 10.0 Å². The summed E-state index contributed by atoms with van der Waals surface area (Å²) in [7, 11) is -3.57. The van der Waals surface area contributed by atoms with Crippen LogP contribution in [0.3, 0.4) is 0 Å². The van der Waals surface area contributed by atoms with E-state index in [0.717, 1.165) is 5.69 Å². The van der Waals surface area contributed by atoms with Crippen LogP contribution >= 0.6 is 27.3 Å². The lowest BCUT2D eigenvalue weighted by molar-refractivity contribution is 0.285. The highest BCUT2D eigenvalue weighted by Crippen LogP contribution is 2.31. The molecule has 19 heavy (non-hydrogen) atoms. The summed E-state index contributed by atoms with van der Waals surface area (Å²) in [6.45, 7) is 0.105. The highest BCUT2D eigenvalue weighted by Gasteiger charge is 2.20. The Hall–Kier alpha value is -0.740. The number of thiophene rings is 1. The summed E-state index contributed by atoms with van der Waals surface area (Å²) in [6.07, 6.45) is 3.74. The second-order valence-corrected chi connectivity index (χ2v) is 7.92. The number of rotatable bonds is 6. The summed E-state index contributed by atoms with van der Waals surface area (Å²) in [6, 6.07) is 1.47. The molecule has 3 N–H and O–H groups in total. The van der Waals surface area contributed by atoms with Crippen LogP contribution in [0.5, 0.6) is 0 Å². The van der Waals surface area contributed by atoms with Crippen LogP contribution in [0, 0.1) is 0 Å². The topological polar surface area (TPSA) is 95.1 Å². The summed E-state index contributed by atoms with van der Waals surface area (Å²) >= 11 is 4.40. The van der Waals surface area contributed by atoms with Crippen molar-refractivity contribution in [3.8, 4) is 0 Å². The van der Waals surface area contributed by atoms with Gasteiger partial charge in [-0.3, -0.25) is 0 Å². The molecule has 0 aliphatic carbocycles. The molecule has 104 valence electrons. The van der Waals surface area contributed by atoms with Gasteiger partial charge in [-0.05, 0) is 22.0 Å². The molecular formula is C10H12BrN3O3S2. The van der Waals surface area contributed by atoms with Crippen LogP contribution < -0.4 is 4.72 Å². The molecule has 0 aromatic carbocycles. The molecule has 6 nitrogen and oxygen atoms in total. The minimum absolute atomic E-state index is 0.158. The number of H-pyrrole nitrogens is 1. The molecule has 2 aromatic rings. The predicted molar refractivity (Wildman–Crippen MR) is 75.4 cm³/mol. The minimum Gasteiger partial charge on any atom is -0.391 e. The van der Waals surface area contributed by atoms with Crippen LogP contribution in [0.2, 0.25) is 0 Å². The van der Waals surface area contributed by atoms with Crippen LogP contribution in [-0.4, -0.2) is 30.0 Å². The lowest BCUT2D eigenvalue weighted by Gasteiger charge is -2.04. The second-order valence-electron chi connectivity index (χ2n) is 3.73. The second kappa shape index (κ2) is 6.14. The van der Waals surface area contributed by atoms with Crippen molar-refractivity contribution in [2.45, 2.75) is 17.9 Å². The standard InChI is InChI=1S/C10H12BrN3O3S2/c11-10-9(3-8(5-15)18-10)19(16,17)14-2-1-7-4-12-6-13-7/h3-4,6,14-15H,1-2,5H2,(H,12,13). The fourth-order valence-corrected chi connectivity index (χ4v) is 5.05. The maximum atomic E-state index is 12.1. The number of sulfonamides is 1. The molecule has 0 fully saturated rings. The van der Waals surface area contributed by atoms with E-state index in [4.69, 9.17) is 5.11 Å². The number of nitrogens with one attached hydrogen (secondary N) is 2. The van der Waals surface area contributed by atoms with Crippen LogP contribution in [0.1, 0.15) is 10.6 Å². The number of hydrogen-bond donors (Lipinski definition) is 3. The first kappa shape index (κ1) is 14.7. The molecule has 0 saturated heterocycles. The van der Waals surface area contributed by atoms with Crippen molar-refractivity contribution in [1.29, 1.82) is 0 Å². The van der Waals surface area contributed by atoms with Crippen LogP contribution in [0.15, 0.2) is 27.3 Å². The number of halogens is 1. The largest absolute Gasteiger partial charge is 0.391 e. The van der Waals surface area contributed by atoms with Crippen molar-refractivity contribution in [2.24, 2.45) is 0 Å². The van der Waals surface area contributed by atoms with Gasteiger partial charge >= 0.3 is 0 Å². The minimum atomic E-state index is -3.57. The third-order valence-electron chi connectivity index (χ3n) is 2.39. The third kappa shape index (κ3) is 3.63. The van der Waals surface area contributed by atoms with Crippen molar-refractivity contribution in [1.82, 2.24) is 14.7 Å². The molecule has 0 aliphatic rings. The number of aliphatic hydroxyl groups is 1. The molecule has 0 aliphatic heterocycles. The predicted octanol–water partition coefficient (Wildman–Crippen LogP) is 1.25. The normalized spacial score (nSPS) is 11.9. The van der Waals surface area contributed by atoms with E-state index in [0.29, 0.717) is 15.1 Å². The number of nitrogens with zero attached hydrogens (tertiary/aromatic N) is 1. The van der Waals surface area contributed by atoms with Gasteiger partial charge < -0.3 is 10.1 Å². The Kier molecular flexibility index (Phi) is 4.74. The maximum absolute atomic E-state index is 12.1. The molecule has 0 saturated carbocycles. The van der Waals surface area contributed by atoms with E-state index in [1.54, 1.807) is 12.5 Å². The molecule has 2 rings (SSSR count). The van der Waals surface area contributed by atoms with Crippen molar-refractivity contribution in [2.75, 3.05) is 6.54 Å². The molecular weight excluding hydrogens is 354 g/mol. The fourth-order valence-electron chi connectivity index (χ4n) is 1.48. The van der Waals surface area contributed by atoms with E-state index < -0.39 is 10.0 Å². The Morgan fingerprint density at radius 2 is 2.32 bits per heavy atom. The van der Waals surface area contributed by atoms with Crippen molar-refractivity contribution < 1.29 is 13.5 Å². The van der Waals surface area contributed by atoms with Gasteiger partial charge in [0.25, 0.3) is 0 Å². The summed E-state index contributed by atoms with van der Waals surface area (Å²) in [5.41, 5.74) is 0.864. The SMILES string of the molecule is O=S(=O)(NCCc1cnc[nH]1)c1cc(CO)sc1Br. The summed E-state index contributed by atoms with van der Waals surface area (Å²) < 4.78 is 27.1. The average Bonchev–Trinajstić information content (AvgIpc) is 2.98. The van der Waals surface area contributed by atoms with E-state index in [-0.39, 0.29) is 18.0 Å². The Morgan fingerprint density at radius 3 is 2.89 bits per heavy atom. The Balaban J connectivity index is 2.03. The van der Waals surface area contributed by atoms with Crippen LogP contribution in [0.25, 0.3) is 0 Å². The highest BCUT2D eigenvalue weighted by molar-refractivity contribution is 9.11. The van der Waals surface area contributed by atoms with Gasteiger partial charge in [-0.25, -0.2) is 18.1 Å². The monoisotopic (exact) mass is 365 g/mol. The van der Waals surface area contributed by atoms with E-state index in [1.807, 2.05) is 0 Å². The van der Waals surface area contributed by atoms with E-state index in [9.17, 15) is 8.42 Å². The van der Waals surface area contributed by atoms with E-state index in [2.05, 4.69) is 30.6 Å². The summed E-state index contributed by atoms with van der Waals surface area (Å²) in [4.78, 5) is 7.52. The lowest BCUT2D eigenvalue weighted by atomic mass is 10.3. The number of aliphatic hydroxyl groups excluding tert-OH is 1. The molecule has 0 radical (unpaired) electrons. The van der Waals surface area contributed by atoms with Gasteiger partial charge in [0, 0.05) is 29.7 Å². The Labute approximate surface area is 123 Å². The molecule has 9 heteroatoms. The van der Waals surface area contributed by atoms with Crippen molar-refractivity contribution in [3.05, 3.63) is 32.9 Å². The number of aromatic amines is 1. The van der Waals surface area contributed by atoms with Gasteiger partial charge in [-0.15, -0.1) is 11.3 Å². The third-order valence-corrected chi connectivity index (χ3v) is 6.09. The van der Waals surface area contributed by atoms with Crippen LogP contribution in [-0.2, 0) is 23.1 Å². The first-order valence-corrected chi connectivity index (χ1v) is 8.48. The lowest BCUT2D eigenvalue weighted by Crippen LogP contribution is -2.26. The average molecular weight is 366 g/mol. The first-order valence-electron chi connectivity index (χ1n) is 5.39. The van der Waals surface area contributed by atoms with Crippen molar-refractivity contribution >= 4 is 37.3 Å². The number of aromatic nitrogens is 2. The van der Waals surface area contributed by atoms with E-state index in [1.165, 1.54) is 17.4 Å². The summed E-state index contributed by atoms with van der Waals surface area (Å²) in [5.74, 6) is 0. The molecule has 0 bridgehead atoms. The zero-order valence-electron chi connectivity index (χ0n) is 9.76. The molecule has 2 heterocycles. The fraction of sp³-hybridized carbons (Fsp3) is 0.300. The highest BCUT2D eigenvalue weighted by atomic mass is 79.9. The first-order chi connectivity index (χ1) is 9.03. The molecule has 0 spiro atoms. The Bertz CT molecular complexity index is 637. The molecule has 0 amide bonds. The zero-order valence-corrected chi connectivity index (χ0v) is 13.0. The maximum Gasteiger partial charge on any atom is 0.242 e. The van der Waals surface area contributed by atoms with Crippen molar-refractivity contribution in [3.63, 3.8) is 0 Å². The van der Waals surface area contributed by atoms with Gasteiger partial charge in [0.05, 0.1) is 16.7 Å². The zero-order chi connectivity index (χ0) is 13.9. The van der Waals surface area contributed by atoms with Gasteiger partial charge in [-0.1, -0.05) is 0 Å². The molecule has 0 unspecified atom stereocenters. The molecule has 0 atom stereocenters. The van der Waals surface area contributed by atoms with Crippen LogP contribution in [0.4, 0.5) is 0 Å². The van der Waals surface area contributed by atoms with E-state index >= 15 is 0 Å². The smallest absolute Gasteiger partial charge is 0.242 e. The number of imidazole rings is 1. The number of hydrogen-bond acceptors (Lipinski definition) is 5. The quantitative estimate of drug-likeness (QED) is 0.717. The molecule has 2 aromatic heterocycles. The summed E-state index contributed by atoms with van der Waals surface area (Å²) in [5, 5.41) is 9.01. The van der Waals surface area contributed by atoms with Gasteiger partial charge in [0.15, 0.2) is 0 Å². The van der Waals surface area contributed by atoms with Gasteiger partial charge in [-0.2, -0.15) is 0 Å².